The maximum atomic E-state index is 11.7. The molecule has 2 aliphatic carbocycles. The van der Waals surface area contributed by atoms with E-state index < -0.39 is 5.97 Å². The number of ketones is 1. The molecule has 22 heavy (non-hydrogen) atoms. The van der Waals surface area contributed by atoms with E-state index in [1.807, 2.05) is 0 Å². The Morgan fingerprint density at radius 1 is 1.05 bits per heavy atom. The molecule has 0 aliphatic heterocycles. The molecule has 0 atom stereocenters. The topological polar surface area (TPSA) is 54.4 Å². The van der Waals surface area contributed by atoms with Gasteiger partial charge in [-0.05, 0) is 0 Å². The number of carbonyl (C=O) groups excluding carboxylic acids is 1. The van der Waals surface area contributed by atoms with Crippen LogP contribution in [0.2, 0.25) is 0 Å². The van der Waals surface area contributed by atoms with Crippen LogP contribution in [0.3, 0.4) is 0 Å². The fourth-order valence-electron chi connectivity index (χ4n) is 2.52. The Hall–Kier alpha value is -1.38. The zero-order valence-corrected chi connectivity index (χ0v) is 14.0. The van der Waals surface area contributed by atoms with Gasteiger partial charge in [-0.1, -0.05) is 0 Å². The molecule has 0 spiro atoms. The summed E-state index contributed by atoms with van der Waals surface area (Å²) in [6.45, 7) is 2.19. The van der Waals surface area contributed by atoms with Crippen LogP contribution in [0.15, 0.2) is 44.4 Å². The van der Waals surface area contributed by atoms with E-state index >= 15 is 0 Å². The van der Waals surface area contributed by atoms with Crippen molar-refractivity contribution in [2.45, 2.75) is 51.9 Å². The standard InChI is InChI=1S/C11H13O3.C7H9.Fe/c12-10(7-8-11(13)14)6-5-9-3-1-2-4-9;1-2-7-5-3-4-6-7;/h1,3H,2,5-8H2,(H,13,14);3,5H,2,4H2,1H3;. The van der Waals surface area contributed by atoms with Gasteiger partial charge in [-0.15, -0.1) is 0 Å². The Labute approximate surface area is 138 Å². The van der Waals surface area contributed by atoms with E-state index in [0.29, 0.717) is 6.42 Å². The molecule has 0 aromatic carbocycles. The first-order chi connectivity index (χ1) is 10.6. The van der Waals surface area contributed by atoms with Gasteiger partial charge in [0.1, 0.15) is 0 Å². The van der Waals surface area contributed by atoms with Gasteiger partial charge in [-0.2, -0.15) is 0 Å². The van der Waals surface area contributed by atoms with Gasteiger partial charge < -0.3 is 0 Å². The van der Waals surface area contributed by atoms with Gasteiger partial charge in [0.15, 0.2) is 0 Å². The normalized spacial score (nSPS) is 17.1. The van der Waals surface area contributed by atoms with Crippen molar-refractivity contribution in [1.29, 1.82) is 0 Å². The van der Waals surface area contributed by atoms with E-state index in [0.717, 1.165) is 40.6 Å². The van der Waals surface area contributed by atoms with Crippen LogP contribution in [0, 0.1) is 0 Å². The summed E-state index contributed by atoms with van der Waals surface area (Å²) in [5.74, 6) is -0.854. The number of carboxylic acids is 1. The summed E-state index contributed by atoms with van der Waals surface area (Å²) in [5, 5.41) is 8.61. The number of carbonyl (C=O) groups is 2. The van der Waals surface area contributed by atoms with Gasteiger partial charge >= 0.3 is 138 Å². The molecule has 3 nitrogen and oxygen atoms in total. The molecule has 4 heteroatoms. The summed E-state index contributed by atoms with van der Waals surface area (Å²) >= 11 is 1.02. The molecular weight excluding hydrogens is 320 g/mol. The molecular formula is C18H22FeO3. The van der Waals surface area contributed by atoms with Gasteiger partial charge in [0.05, 0.1) is 0 Å². The molecule has 0 radical (unpaired) electrons. The van der Waals surface area contributed by atoms with Crippen LogP contribution in [0.5, 0.6) is 0 Å². The van der Waals surface area contributed by atoms with Crippen molar-refractivity contribution in [2.75, 3.05) is 0 Å². The number of Topliss-reactive ketones (excluding diaryl/α,β-unsaturated/α-hetero) is 1. The predicted molar refractivity (Wildman–Crippen MR) is 83.0 cm³/mol. The number of allylic oxidation sites excluding steroid dienone is 8. The summed E-state index contributed by atoms with van der Waals surface area (Å²) < 4.78 is 2.94. The van der Waals surface area contributed by atoms with Crippen LogP contribution in [-0.2, 0) is 24.5 Å². The van der Waals surface area contributed by atoms with Gasteiger partial charge in [0, 0.05) is 0 Å². The zero-order valence-electron chi connectivity index (χ0n) is 12.9. The average molecular weight is 342 g/mol. The van der Waals surface area contributed by atoms with Crippen molar-refractivity contribution in [1.82, 2.24) is 0 Å². The second-order valence-electron chi connectivity index (χ2n) is 5.42. The summed E-state index contributed by atoms with van der Waals surface area (Å²) in [6, 6.07) is 0. The van der Waals surface area contributed by atoms with E-state index in [-0.39, 0.29) is 18.6 Å². The third kappa shape index (κ3) is 4.82. The molecule has 120 valence electrons. The molecule has 0 amide bonds. The summed E-state index contributed by atoms with van der Waals surface area (Å²) in [6.07, 6.45) is 13.2. The van der Waals surface area contributed by atoms with Gasteiger partial charge in [-0.25, -0.2) is 0 Å². The minimum absolute atomic E-state index is 0.0468. The number of hydrogen-bond acceptors (Lipinski definition) is 2. The van der Waals surface area contributed by atoms with Crippen molar-refractivity contribution in [2.24, 2.45) is 0 Å². The van der Waals surface area contributed by atoms with Crippen LogP contribution in [-0.4, -0.2) is 16.9 Å². The average Bonchev–Trinajstić information content (AvgIpc) is 3.12. The molecule has 0 saturated carbocycles. The molecule has 0 heterocycles. The first kappa shape index (κ1) is 17.0. The SMILES string of the molecule is CCC1=[C]([Fe][C]2=C(CCC(=O)CCC(=O)O)C=CC2)CC=C1. The van der Waals surface area contributed by atoms with Crippen LogP contribution < -0.4 is 0 Å². The van der Waals surface area contributed by atoms with Crippen LogP contribution in [0.4, 0.5) is 0 Å². The van der Waals surface area contributed by atoms with Crippen molar-refractivity contribution >= 4 is 11.8 Å². The van der Waals surface area contributed by atoms with Crippen molar-refractivity contribution in [3.63, 3.8) is 0 Å². The van der Waals surface area contributed by atoms with Gasteiger partial charge in [0.25, 0.3) is 0 Å². The summed E-state index contributed by atoms with van der Waals surface area (Å²) in [7, 11) is 0. The molecule has 0 aromatic heterocycles. The number of carboxylic acid groups (broad SMARTS) is 1. The Morgan fingerprint density at radius 3 is 2.32 bits per heavy atom. The predicted octanol–water partition coefficient (Wildman–Crippen LogP) is 4.12. The maximum absolute atomic E-state index is 11.7. The van der Waals surface area contributed by atoms with E-state index in [2.05, 4.69) is 31.2 Å². The Balaban J connectivity index is 1.89. The number of hydrogen-bond donors (Lipinski definition) is 1. The zero-order chi connectivity index (χ0) is 15.9. The molecule has 0 unspecified atom stereocenters. The van der Waals surface area contributed by atoms with Crippen LogP contribution in [0.25, 0.3) is 0 Å². The second-order valence-corrected chi connectivity index (χ2v) is 7.03. The van der Waals surface area contributed by atoms with Gasteiger partial charge in [-0.3, -0.25) is 0 Å². The van der Waals surface area contributed by atoms with Crippen LogP contribution >= 0.6 is 0 Å². The molecule has 0 bridgehead atoms. The Morgan fingerprint density at radius 2 is 1.68 bits per heavy atom. The fraction of sp³-hybridized carbons (Fsp3) is 0.444. The van der Waals surface area contributed by atoms with E-state index in [4.69, 9.17) is 5.11 Å². The first-order valence-corrected chi connectivity index (χ1v) is 8.83. The molecule has 0 fully saturated rings. The molecule has 2 aliphatic rings. The second kappa shape index (κ2) is 8.30. The number of aliphatic carboxylic acids is 1. The number of rotatable bonds is 9. The monoisotopic (exact) mass is 342 g/mol. The Kier molecular flexibility index (Phi) is 6.41. The molecule has 1 N–H and O–H groups in total. The van der Waals surface area contributed by atoms with E-state index in [1.54, 1.807) is 0 Å². The third-order valence-electron chi connectivity index (χ3n) is 3.79. The molecule has 2 rings (SSSR count). The van der Waals surface area contributed by atoms with Crippen molar-refractivity contribution in [3.8, 4) is 0 Å². The molecule has 0 saturated heterocycles. The van der Waals surface area contributed by atoms with E-state index in [9.17, 15) is 9.59 Å². The quantitative estimate of drug-likeness (QED) is 0.641. The summed E-state index contributed by atoms with van der Waals surface area (Å²) in [5.41, 5.74) is 2.73. The minimum atomic E-state index is -0.901. The molecule has 0 aromatic rings. The van der Waals surface area contributed by atoms with Crippen LogP contribution in [0.1, 0.15) is 51.9 Å². The van der Waals surface area contributed by atoms with Crippen molar-refractivity contribution in [3.05, 3.63) is 44.4 Å². The fourth-order valence-corrected chi connectivity index (χ4v) is 4.28. The van der Waals surface area contributed by atoms with Crippen molar-refractivity contribution < 1.29 is 29.7 Å². The summed E-state index contributed by atoms with van der Waals surface area (Å²) in [4.78, 5) is 22.2. The third-order valence-corrected chi connectivity index (χ3v) is 5.61. The Bertz CT molecular complexity index is 579. The van der Waals surface area contributed by atoms with E-state index in [1.165, 1.54) is 20.1 Å². The van der Waals surface area contributed by atoms with Gasteiger partial charge in [0.2, 0.25) is 0 Å². The first-order valence-electron chi connectivity index (χ1n) is 7.73.